The molecule has 194 valence electrons. The van der Waals surface area contributed by atoms with Gasteiger partial charge in [-0.2, -0.15) is 4.31 Å². The molecule has 4 aromatic rings. The maximum Gasteiger partial charge on any atom is 0.280 e. The molecule has 0 atom stereocenters. The molecule has 0 spiro atoms. The zero-order chi connectivity index (χ0) is 27.0. The molecule has 5 rings (SSSR count). The molecule has 1 fully saturated rings. The van der Waals surface area contributed by atoms with E-state index < -0.39 is 36.1 Å². The van der Waals surface area contributed by atoms with Crippen LogP contribution in [0.3, 0.4) is 0 Å². The Morgan fingerprint density at radius 2 is 1.45 bits per heavy atom. The standard InChI is InChI=1S/C25H22N6O6S/c1-17-23(30(32)33)15-19(16-24(17)31(34)35)38(36,37)29-13-11-28(12-14-29)25-10-9-22(26-27-25)21-8-4-6-18-5-2-3-7-20(18)21/h2-10,15-16H,11-14H2,1H3. The van der Waals surface area contributed by atoms with Gasteiger partial charge in [0.25, 0.3) is 11.4 Å². The highest BCUT2D eigenvalue weighted by atomic mass is 32.2. The van der Waals surface area contributed by atoms with Crippen LogP contribution >= 0.6 is 0 Å². The first-order chi connectivity index (χ1) is 18.2. The molecule has 1 aliphatic heterocycles. The van der Waals surface area contributed by atoms with Crippen LogP contribution in [-0.2, 0) is 10.0 Å². The average Bonchev–Trinajstić information content (AvgIpc) is 2.92. The fourth-order valence-corrected chi connectivity index (χ4v) is 6.04. The second kappa shape index (κ2) is 9.76. The molecular formula is C25H22N6O6S. The van der Waals surface area contributed by atoms with Crippen LogP contribution < -0.4 is 4.90 Å². The lowest BCUT2D eigenvalue weighted by molar-refractivity contribution is -0.395. The van der Waals surface area contributed by atoms with Crippen LogP contribution in [0.5, 0.6) is 0 Å². The molecule has 0 saturated carbocycles. The number of fused-ring (bicyclic) bond motifs is 1. The van der Waals surface area contributed by atoms with E-state index in [0.717, 1.165) is 28.5 Å². The molecule has 0 amide bonds. The maximum atomic E-state index is 13.2. The van der Waals surface area contributed by atoms with Gasteiger partial charge in [-0.25, -0.2) is 8.42 Å². The average molecular weight is 535 g/mol. The summed E-state index contributed by atoms with van der Waals surface area (Å²) in [5.41, 5.74) is 0.249. The summed E-state index contributed by atoms with van der Waals surface area (Å²) in [5, 5.41) is 33.7. The number of hydrogen-bond acceptors (Lipinski definition) is 9. The number of nitro benzene ring substituents is 2. The van der Waals surface area contributed by atoms with Crippen LogP contribution in [0.1, 0.15) is 5.56 Å². The van der Waals surface area contributed by atoms with Crippen LogP contribution in [0.4, 0.5) is 17.2 Å². The second-order valence-electron chi connectivity index (χ2n) is 8.80. The van der Waals surface area contributed by atoms with Crippen LogP contribution in [0.25, 0.3) is 22.0 Å². The summed E-state index contributed by atoms with van der Waals surface area (Å²) in [6.45, 7) is 1.97. The van der Waals surface area contributed by atoms with Crippen LogP contribution in [0.15, 0.2) is 71.6 Å². The minimum Gasteiger partial charge on any atom is -0.352 e. The minimum absolute atomic E-state index is 0.0740. The van der Waals surface area contributed by atoms with Crippen molar-refractivity contribution in [3.8, 4) is 11.3 Å². The highest BCUT2D eigenvalue weighted by molar-refractivity contribution is 7.89. The quantitative estimate of drug-likeness (QED) is 0.264. The predicted octanol–water partition coefficient (Wildman–Crippen LogP) is 3.93. The van der Waals surface area contributed by atoms with E-state index in [1.165, 1.54) is 11.2 Å². The number of anilines is 1. The molecular weight excluding hydrogens is 512 g/mol. The number of aromatic nitrogens is 2. The fourth-order valence-electron chi connectivity index (χ4n) is 4.58. The summed E-state index contributed by atoms with van der Waals surface area (Å²) in [4.78, 5) is 22.5. The third-order valence-corrected chi connectivity index (χ3v) is 8.51. The molecule has 0 unspecified atom stereocenters. The van der Waals surface area contributed by atoms with Crippen LogP contribution in [-0.4, -0.2) is 58.9 Å². The van der Waals surface area contributed by atoms with Gasteiger partial charge in [0.2, 0.25) is 10.0 Å². The Kier molecular flexibility index (Phi) is 6.46. The lowest BCUT2D eigenvalue weighted by Gasteiger charge is -2.34. The molecule has 1 aliphatic rings. The van der Waals surface area contributed by atoms with E-state index in [0.29, 0.717) is 24.6 Å². The van der Waals surface area contributed by atoms with E-state index in [2.05, 4.69) is 10.2 Å². The number of piperazine rings is 1. The highest BCUT2D eigenvalue weighted by Crippen LogP contribution is 2.33. The topological polar surface area (TPSA) is 153 Å². The largest absolute Gasteiger partial charge is 0.352 e. The number of sulfonamides is 1. The van der Waals surface area contributed by atoms with Crippen molar-refractivity contribution in [1.29, 1.82) is 0 Å². The Hall–Kier alpha value is -4.49. The number of nitro groups is 2. The zero-order valence-electron chi connectivity index (χ0n) is 20.2. The molecule has 13 heteroatoms. The second-order valence-corrected chi connectivity index (χ2v) is 10.7. The number of benzene rings is 3. The first kappa shape index (κ1) is 25.2. The summed E-state index contributed by atoms with van der Waals surface area (Å²) in [5.74, 6) is 0.590. The van der Waals surface area contributed by atoms with E-state index in [1.807, 2.05) is 59.5 Å². The summed E-state index contributed by atoms with van der Waals surface area (Å²) < 4.78 is 27.6. The Labute approximate surface area is 217 Å². The van der Waals surface area contributed by atoms with E-state index in [9.17, 15) is 28.6 Å². The van der Waals surface area contributed by atoms with Crippen molar-refractivity contribution in [2.75, 3.05) is 31.1 Å². The highest BCUT2D eigenvalue weighted by Gasteiger charge is 2.33. The van der Waals surface area contributed by atoms with Crippen molar-refractivity contribution in [3.05, 3.63) is 92.5 Å². The Morgan fingerprint density at radius 3 is 2.05 bits per heavy atom. The summed E-state index contributed by atoms with van der Waals surface area (Å²) in [6.07, 6.45) is 0. The summed E-state index contributed by atoms with van der Waals surface area (Å²) >= 11 is 0. The van der Waals surface area contributed by atoms with Crippen molar-refractivity contribution in [1.82, 2.24) is 14.5 Å². The van der Waals surface area contributed by atoms with Gasteiger partial charge in [-0.15, -0.1) is 10.2 Å². The number of nitrogens with zero attached hydrogens (tertiary/aromatic N) is 6. The van der Waals surface area contributed by atoms with Crippen molar-refractivity contribution < 1.29 is 18.3 Å². The third kappa shape index (κ3) is 4.53. The number of rotatable bonds is 6. The lowest BCUT2D eigenvalue weighted by Crippen LogP contribution is -2.49. The van der Waals surface area contributed by atoms with Gasteiger partial charge >= 0.3 is 0 Å². The first-order valence-electron chi connectivity index (χ1n) is 11.7. The molecule has 1 saturated heterocycles. The summed E-state index contributed by atoms with van der Waals surface area (Å²) in [7, 11) is -4.20. The number of hydrogen-bond donors (Lipinski definition) is 0. The molecule has 12 nitrogen and oxygen atoms in total. The van der Waals surface area contributed by atoms with Gasteiger partial charge in [0.15, 0.2) is 5.82 Å². The first-order valence-corrected chi connectivity index (χ1v) is 13.1. The smallest absolute Gasteiger partial charge is 0.280 e. The molecule has 3 aromatic carbocycles. The van der Waals surface area contributed by atoms with E-state index in [4.69, 9.17) is 0 Å². The summed E-state index contributed by atoms with van der Waals surface area (Å²) in [6, 6.07) is 19.4. The molecule has 0 N–H and O–H groups in total. The van der Waals surface area contributed by atoms with Gasteiger partial charge in [0.1, 0.15) is 5.56 Å². The SMILES string of the molecule is Cc1c([N+](=O)[O-])cc(S(=O)(=O)N2CCN(c3ccc(-c4cccc5ccccc45)nn3)CC2)cc1[N+](=O)[O-]. The van der Waals surface area contributed by atoms with Gasteiger partial charge in [-0.05, 0) is 29.8 Å². The molecule has 2 heterocycles. The van der Waals surface area contributed by atoms with Crippen LogP contribution in [0.2, 0.25) is 0 Å². The molecule has 0 bridgehead atoms. The van der Waals surface area contributed by atoms with Gasteiger partial charge in [0, 0.05) is 43.9 Å². The molecule has 1 aromatic heterocycles. The van der Waals surface area contributed by atoms with E-state index in [-0.39, 0.29) is 18.7 Å². The minimum atomic E-state index is -4.20. The Balaban J connectivity index is 1.34. The normalized spacial score (nSPS) is 14.5. The lowest BCUT2D eigenvalue weighted by atomic mass is 10.0. The van der Waals surface area contributed by atoms with Crippen molar-refractivity contribution in [2.45, 2.75) is 11.8 Å². The molecule has 0 aliphatic carbocycles. The Morgan fingerprint density at radius 1 is 0.816 bits per heavy atom. The van der Waals surface area contributed by atoms with Crippen LogP contribution in [0, 0.1) is 27.2 Å². The van der Waals surface area contributed by atoms with Crippen molar-refractivity contribution in [3.63, 3.8) is 0 Å². The van der Waals surface area contributed by atoms with E-state index in [1.54, 1.807) is 0 Å². The molecule has 0 radical (unpaired) electrons. The zero-order valence-corrected chi connectivity index (χ0v) is 21.0. The van der Waals surface area contributed by atoms with Gasteiger partial charge in [-0.3, -0.25) is 20.2 Å². The van der Waals surface area contributed by atoms with Gasteiger partial charge in [-0.1, -0.05) is 42.5 Å². The maximum absolute atomic E-state index is 13.2. The fraction of sp³-hybridized carbons (Fsp3) is 0.200. The van der Waals surface area contributed by atoms with Crippen molar-refractivity contribution in [2.24, 2.45) is 0 Å². The Bertz CT molecular complexity index is 1630. The predicted molar refractivity (Wildman–Crippen MR) is 140 cm³/mol. The van der Waals surface area contributed by atoms with E-state index >= 15 is 0 Å². The third-order valence-electron chi connectivity index (χ3n) is 6.64. The van der Waals surface area contributed by atoms with Gasteiger partial charge in [0.05, 0.1) is 20.4 Å². The van der Waals surface area contributed by atoms with Crippen molar-refractivity contribution >= 4 is 38.0 Å². The van der Waals surface area contributed by atoms with Gasteiger partial charge < -0.3 is 4.90 Å². The monoisotopic (exact) mass is 534 g/mol. The molecule has 38 heavy (non-hydrogen) atoms.